The van der Waals surface area contributed by atoms with Gasteiger partial charge in [0, 0.05) is 11.1 Å². The molecule has 0 spiro atoms. The molecule has 3 aromatic rings. The monoisotopic (exact) mass is 306 g/mol. The van der Waals surface area contributed by atoms with Crippen LogP contribution in [0.15, 0.2) is 30.7 Å². The Hall–Kier alpha value is -1.99. The van der Waals surface area contributed by atoms with E-state index in [0.29, 0.717) is 11.0 Å². The van der Waals surface area contributed by atoms with Crippen molar-refractivity contribution >= 4 is 28.6 Å². The topological polar surface area (TPSA) is 68.5 Å². The summed E-state index contributed by atoms with van der Waals surface area (Å²) in [5.74, 6) is 0. The van der Waals surface area contributed by atoms with Gasteiger partial charge in [0.1, 0.15) is 6.33 Å². The summed E-state index contributed by atoms with van der Waals surface area (Å²) in [5.41, 5.74) is 3.02. The summed E-state index contributed by atoms with van der Waals surface area (Å²) < 4.78 is 2.17. The number of benzene rings is 1. The Morgan fingerprint density at radius 1 is 1.40 bits per heavy atom. The van der Waals surface area contributed by atoms with Crippen LogP contribution in [0.4, 0.5) is 5.69 Å². The molecule has 2 aromatic heterocycles. The molecule has 0 fully saturated rings. The Balaban J connectivity index is 1.86. The van der Waals surface area contributed by atoms with E-state index in [4.69, 9.17) is 11.6 Å². The van der Waals surface area contributed by atoms with Gasteiger partial charge in [-0.25, -0.2) is 4.98 Å². The number of aryl methyl sites for hydroxylation is 1. The van der Waals surface area contributed by atoms with Crippen LogP contribution in [0.5, 0.6) is 0 Å². The smallest absolute Gasteiger partial charge is 0.183 e. The lowest BCUT2D eigenvalue weighted by atomic mass is 10.2. The van der Waals surface area contributed by atoms with Gasteiger partial charge in [0.25, 0.3) is 0 Å². The highest BCUT2D eigenvalue weighted by atomic mass is 35.5. The van der Waals surface area contributed by atoms with Crippen molar-refractivity contribution in [2.75, 3.05) is 5.32 Å². The molecule has 0 bridgehead atoms. The van der Waals surface area contributed by atoms with Crippen molar-refractivity contribution in [2.24, 2.45) is 0 Å². The van der Waals surface area contributed by atoms with Crippen LogP contribution >= 0.6 is 22.9 Å². The third-order valence-electron chi connectivity index (χ3n) is 2.73. The van der Waals surface area contributed by atoms with Crippen LogP contribution in [0.3, 0.4) is 0 Å². The molecule has 0 unspecified atom stereocenters. The molecule has 2 heterocycles. The Bertz CT molecular complexity index is 709. The number of halogens is 1. The van der Waals surface area contributed by atoms with Crippen molar-refractivity contribution in [1.82, 2.24) is 25.2 Å². The van der Waals surface area contributed by atoms with Gasteiger partial charge in [0.2, 0.25) is 0 Å². The summed E-state index contributed by atoms with van der Waals surface area (Å²) in [7, 11) is 0. The van der Waals surface area contributed by atoms with Crippen molar-refractivity contribution < 1.29 is 0 Å². The van der Waals surface area contributed by atoms with Crippen LogP contribution in [-0.2, 0) is 6.54 Å². The van der Waals surface area contributed by atoms with E-state index in [1.54, 1.807) is 17.2 Å². The summed E-state index contributed by atoms with van der Waals surface area (Å²) in [5, 5.41) is 14.6. The summed E-state index contributed by atoms with van der Waals surface area (Å²) in [6, 6.07) is 6.05. The standard InChI is InChI=1S/C12H11ClN6S/c1-8-2-3-11(19-7-16-17-18-19)10(4-8)14-5-9-6-15-12(13)20-9/h2-4,6-7,14H,5H2,1H3. The number of anilines is 1. The van der Waals surface area contributed by atoms with Crippen LogP contribution in [0.1, 0.15) is 10.4 Å². The first-order valence-electron chi connectivity index (χ1n) is 5.90. The molecule has 1 aromatic carbocycles. The maximum atomic E-state index is 5.83. The molecule has 0 saturated heterocycles. The quantitative estimate of drug-likeness (QED) is 0.802. The van der Waals surface area contributed by atoms with E-state index in [9.17, 15) is 0 Å². The van der Waals surface area contributed by atoms with Gasteiger partial charge < -0.3 is 5.32 Å². The SMILES string of the molecule is Cc1ccc(-n2cnnn2)c(NCc2cnc(Cl)s2)c1. The lowest BCUT2D eigenvalue weighted by Crippen LogP contribution is -2.04. The lowest BCUT2D eigenvalue weighted by Gasteiger charge is -2.11. The van der Waals surface area contributed by atoms with E-state index in [2.05, 4.69) is 31.9 Å². The first-order chi connectivity index (χ1) is 9.72. The van der Waals surface area contributed by atoms with Crippen molar-refractivity contribution in [3.63, 3.8) is 0 Å². The minimum Gasteiger partial charge on any atom is -0.378 e. The van der Waals surface area contributed by atoms with Gasteiger partial charge in [-0.15, -0.1) is 16.4 Å². The second kappa shape index (κ2) is 5.56. The fourth-order valence-electron chi connectivity index (χ4n) is 1.81. The molecule has 0 aliphatic rings. The summed E-state index contributed by atoms with van der Waals surface area (Å²) in [6.07, 6.45) is 3.34. The Kier molecular flexibility index (Phi) is 3.62. The normalized spacial score (nSPS) is 10.7. The van der Waals surface area contributed by atoms with Crippen molar-refractivity contribution in [3.05, 3.63) is 45.6 Å². The molecule has 0 saturated carbocycles. The average molecular weight is 307 g/mol. The number of tetrazole rings is 1. The molecule has 0 aliphatic carbocycles. The van der Waals surface area contributed by atoms with Gasteiger partial charge in [0.05, 0.1) is 17.9 Å². The van der Waals surface area contributed by atoms with Crippen LogP contribution in [0.25, 0.3) is 5.69 Å². The van der Waals surface area contributed by atoms with Crippen molar-refractivity contribution in [1.29, 1.82) is 0 Å². The molecular formula is C12H11ClN6S. The number of hydrogen-bond donors (Lipinski definition) is 1. The fraction of sp³-hybridized carbons (Fsp3) is 0.167. The molecule has 0 aliphatic heterocycles. The second-order valence-electron chi connectivity index (χ2n) is 4.21. The summed E-state index contributed by atoms with van der Waals surface area (Å²) in [4.78, 5) is 5.09. The van der Waals surface area contributed by atoms with E-state index in [-0.39, 0.29) is 0 Å². The number of thiazole rings is 1. The highest BCUT2D eigenvalue weighted by molar-refractivity contribution is 7.15. The first kappa shape index (κ1) is 13.0. The summed E-state index contributed by atoms with van der Waals surface area (Å²) in [6.45, 7) is 2.70. The number of rotatable bonds is 4. The maximum absolute atomic E-state index is 5.83. The largest absolute Gasteiger partial charge is 0.378 e. The van der Waals surface area contributed by atoms with E-state index in [1.807, 2.05) is 19.1 Å². The van der Waals surface area contributed by atoms with Gasteiger partial charge in [-0.2, -0.15) is 4.68 Å². The van der Waals surface area contributed by atoms with Crippen LogP contribution in [-0.4, -0.2) is 25.2 Å². The minimum absolute atomic E-state index is 0.548. The Labute approximate surface area is 124 Å². The second-order valence-corrected chi connectivity index (χ2v) is 5.91. The average Bonchev–Trinajstić information content (AvgIpc) is 3.08. The molecular weight excluding hydrogens is 296 g/mol. The fourth-order valence-corrected chi connectivity index (χ4v) is 2.73. The zero-order chi connectivity index (χ0) is 13.9. The van der Waals surface area contributed by atoms with Crippen molar-refractivity contribution in [2.45, 2.75) is 13.5 Å². The molecule has 8 heteroatoms. The zero-order valence-electron chi connectivity index (χ0n) is 10.6. The van der Waals surface area contributed by atoms with Gasteiger partial charge >= 0.3 is 0 Å². The predicted octanol–water partition coefficient (Wildman–Crippen LogP) is 2.69. The molecule has 3 rings (SSSR count). The molecule has 0 atom stereocenters. The lowest BCUT2D eigenvalue weighted by molar-refractivity contribution is 0.789. The minimum atomic E-state index is 0.548. The van der Waals surface area contributed by atoms with E-state index < -0.39 is 0 Å². The number of nitrogens with zero attached hydrogens (tertiary/aromatic N) is 5. The van der Waals surface area contributed by atoms with Crippen molar-refractivity contribution in [3.8, 4) is 5.69 Å². The molecule has 102 valence electrons. The maximum Gasteiger partial charge on any atom is 0.183 e. The van der Waals surface area contributed by atoms with E-state index in [1.165, 1.54) is 11.3 Å². The number of nitrogens with one attached hydrogen (secondary N) is 1. The Morgan fingerprint density at radius 2 is 2.30 bits per heavy atom. The predicted molar refractivity (Wildman–Crippen MR) is 78.3 cm³/mol. The highest BCUT2D eigenvalue weighted by Crippen LogP contribution is 2.23. The third kappa shape index (κ3) is 2.78. The highest BCUT2D eigenvalue weighted by Gasteiger charge is 2.07. The first-order valence-corrected chi connectivity index (χ1v) is 7.10. The summed E-state index contributed by atoms with van der Waals surface area (Å²) >= 11 is 7.29. The third-order valence-corrected chi connectivity index (χ3v) is 3.84. The molecule has 0 radical (unpaired) electrons. The zero-order valence-corrected chi connectivity index (χ0v) is 12.2. The van der Waals surface area contributed by atoms with Gasteiger partial charge in [-0.05, 0) is 35.0 Å². The molecule has 0 amide bonds. The van der Waals surface area contributed by atoms with Gasteiger partial charge in [-0.3, -0.25) is 0 Å². The number of aromatic nitrogens is 5. The molecule has 1 N–H and O–H groups in total. The molecule has 20 heavy (non-hydrogen) atoms. The van der Waals surface area contributed by atoms with Crippen LogP contribution < -0.4 is 5.32 Å². The van der Waals surface area contributed by atoms with E-state index >= 15 is 0 Å². The van der Waals surface area contributed by atoms with Crippen LogP contribution in [0, 0.1) is 6.92 Å². The Morgan fingerprint density at radius 3 is 3.00 bits per heavy atom. The van der Waals surface area contributed by atoms with Gasteiger partial charge in [-0.1, -0.05) is 17.7 Å². The van der Waals surface area contributed by atoms with Gasteiger partial charge in [0.15, 0.2) is 4.47 Å². The van der Waals surface area contributed by atoms with Crippen LogP contribution in [0.2, 0.25) is 4.47 Å². The molecule has 6 nitrogen and oxygen atoms in total. The van der Waals surface area contributed by atoms with E-state index in [0.717, 1.165) is 21.8 Å². The number of hydrogen-bond acceptors (Lipinski definition) is 6.